The first kappa shape index (κ1) is 9.00. The number of allylic oxidation sites excluding steroid dienone is 4. The maximum atomic E-state index is 2.47. The van der Waals surface area contributed by atoms with E-state index in [-0.39, 0.29) is 0 Å². The van der Waals surface area contributed by atoms with Gasteiger partial charge in [0.15, 0.2) is 0 Å². The normalized spacial score (nSPS) is 21.3. The SMILES string of the molecule is I[C@H]1C=C(c2ccccc2)C=CC1. The van der Waals surface area contributed by atoms with E-state index < -0.39 is 0 Å². The summed E-state index contributed by atoms with van der Waals surface area (Å²) in [6, 6.07) is 10.5. The van der Waals surface area contributed by atoms with Crippen LogP contribution in [0.1, 0.15) is 12.0 Å². The molecule has 0 radical (unpaired) electrons. The van der Waals surface area contributed by atoms with Crippen LogP contribution in [0.5, 0.6) is 0 Å². The van der Waals surface area contributed by atoms with Crippen molar-refractivity contribution in [1.29, 1.82) is 0 Å². The second-order valence-corrected chi connectivity index (χ2v) is 4.74. The Hall–Kier alpha value is -0.570. The van der Waals surface area contributed by atoms with Crippen LogP contribution in [-0.4, -0.2) is 3.92 Å². The molecule has 0 spiro atoms. The van der Waals surface area contributed by atoms with Crippen LogP contribution < -0.4 is 0 Å². The van der Waals surface area contributed by atoms with E-state index in [1.54, 1.807) is 0 Å². The summed E-state index contributed by atoms with van der Waals surface area (Å²) in [7, 11) is 0. The molecule has 0 heterocycles. The summed E-state index contributed by atoms with van der Waals surface area (Å²) < 4.78 is 0.651. The maximum absolute atomic E-state index is 2.47. The Kier molecular flexibility index (Phi) is 2.83. The fourth-order valence-corrected chi connectivity index (χ4v) is 2.15. The number of rotatable bonds is 1. The molecule has 0 nitrogen and oxygen atoms in total. The van der Waals surface area contributed by atoms with E-state index in [9.17, 15) is 0 Å². The van der Waals surface area contributed by atoms with E-state index in [0.717, 1.165) is 6.42 Å². The highest BCUT2D eigenvalue weighted by molar-refractivity contribution is 14.1. The molecule has 1 aliphatic rings. The molecule has 0 unspecified atom stereocenters. The van der Waals surface area contributed by atoms with Crippen molar-refractivity contribution >= 4 is 28.2 Å². The van der Waals surface area contributed by atoms with E-state index in [2.05, 4.69) is 71.2 Å². The molecule has 1 aliphatic carbocycles. The van der Waals surface area contributed by atoms with Crippen molar-refractivity contribution in [2.45, 2.75) is 10.3 Å². The number of hydrogen-bond acceptors (Lipinski definition) is 0. The molecule has 2 rings (SSSR count). The van der Waals surface area contributed by atoms with Crippen LogP contribution in [-0.2, 0) is 0 Å². The number of hydrogen-bond donors (Lipinski definition) is 0. The standard InChI is InChI=1S/C12H11I/c13-12-8-4-7-11(9-12)10-5-2-1-3-6-10/h1-7,9,12H,8H2/t12-/m1/s1. The van der Waals surface area contributed by atoms with Gasteiger partial charge in [-0.1, -0.05) is 71.2 Å². The molecule has 0 saturated carbocycles. The number of benzene rings is 1. The molecule has 0 bridgehead atoms. The quantitative estimate of drug-likeness (QED) is 0.542. The summed E-state index contributed by atoms with van der Waals surface area (Å²) in [5, 5.41) is 0. The van der Waals surface area contributed by atoms with Crippen LogP contribution >= 0.6 is 22.6 Å². The first-order chi connectivity index (χ1) is 6.36. The number of halogens is 1. The van der Waals surface area contributed by atoms with Gasteiger partial charge >= 0.3 is 0 Å². The summed E-state index contributed by atoms with van der Waals surface area (Å²) in [5.41, 5.74) is 2.67. The minimum Gasteiger partial charge on any atom is -0.0826 e. The molecule has 0 aliphatic heterocycles. The highest BCUT2D eigenvalue weighted by atomic mass is 127. The van der Waals surface area contributed by atoms with Crippen molar-refractivity contribution in [3.8, 4) is 0 Å². The Balaban J connectivity index is 2.32. The molecular weight excluding hydrogens is 271 g/mol. The largest absolute Gasteiger partial charge is 0.0826 e. The van der Waals surface area contributed by atoms with Crippen LogP contribution in [0, 0.1) is 0 Å². The van der Waals surface area contributed by atoms with Gasteiger partial charge in [-0.3, -0.25) is 0 Å². The average molecular weight is 282 g/mol. The van der Waals surface area contributed by atoms with Gasteiger partial charge < -0.3 is 0 Å². The lowest BCUT2D eigenvalue weighted by Crippen LogP contribution is -1.96. The van der Waals surface area contributed by atoms with Gasteiger partial charge in [-0.2, -0.15) is 0 Å². The summed E-state index contributed by atoms with van der Waals surface area (Å²) >= 11 is 2.47. The van der Waals surface area contributed by atoms with Crippen LogP contribution in [0.4, 0.5) is 0 Å². The molecule has 1 heteroatoms. The lowest BCUT2D eigenvalue weighted by molar-refractivity contribution is 1.10. The van der Waals surface area contributed by atoms with Crippen LogP contribution in [0.25, 0.3) is 5.57 Å². The van der Waals surface area contributed by atoms with Gasteiger partial charge in [-0.05, 0) is 17.6 Å². The van der Waals surface area contributed by atoms with Crippen LogP contribution in [0.15, 0.2) is 48.6 Å². The first-order valence-corrected chi connectivity index (χ1v) is 5.69. The van der Waals surface area contributed by atoms with Crippen molar-refractivity contribution < 1.29 is 0 Å². The third-order valence-corrected chi connectivity index (χ3v) is 2.99. The van der Waals surface area contributed by atoms with Crippen molar-refractivity contribution in [2.24, 2.45) is 0 Å². The van der Waals surface area contributed by atoms with Crippen LogP contribution in [0.3, 0.4) is 0 Å². The molecule has 1 aromatic carbocycles. The molecule has 0 fully saturated rings. The highest BCUT2D eigenvalue weighted by Crippen LogP contribution is 2.24. The maximum Gasteiger partial charge on any atom is 0.0332 e. The average Bonchev–Trinajstić information content (AvgIpc) is 2.19. The lowest BCUT2D eigenvalue weighted by Gasteiger charge is -2.10. The van der Waals surface area contributed by atoms with Gasteiger partial charge in [0.2, 0.25) is 0 Å². The third-order valence-electron chi connectivity index (χ3n) is 2.13. The predicted octanol–water partition coefficient (Wildman–Crippen LogP) is 3.83. The second kappa shape index (κ2) is 4.09. The summed E-state index contributed by atoms with van der Waals surface area (Å²) in [6.45, 7) is 0. The fourth-order valence-electron chi connectivity index (χ4n) is 1.47. The molecule has 1 atom stereocenters. The highest BCUT2D eigenvalue weighted by Gasteiger charge is 2.05. The molecule has 0 saturated heterocycles. The first-order valence-electron chi connectivity index (χ1n) is 4.44. The Morgan fingerprint density at radius 2 is 1.92 bits per heavy atom. The molecule has 13 heavy (non-hydrogen) atoms. The minimum absolute atomic E-state index is 0.651. The zero-order valence-corrected chi connectivity index (χ0v) is 9.44. The third kappa shape index (κ3) is 2.21. The van der Waals surface area contributed by atoms with E-state index in [0.29, 0.717) is 3.92 Å². The van der Waals surface area contributed by atoms with Crippen molar-refractivity contribution in [1.82, 2.24) is 0 Å². The summed E-state index contributed by atoms with van der Waals surface area (Å²) in [6.07, 6.45) is 7.96. The Labute approximate surface area is 92.5 Å². The van der Waals surface area contributed by atoms with Gasteiger partial charge in [0.1, 0.15) is 0 Å². The van der Waals surface area contributed by atoms with Gasteiger partial charge in [0, 0.05) is 3.92 Å². The number of alkyl halides is 1. The topological polar surface area (TPSA) is 0 Å². The zero-order chi connectivity index (χ0) is 9.10. The van der Waals surface area contributed by atoms with Gasteiger partial charge in [0.05, 0.1) is 0 Å². The summed E-state index contributed by atoms with van der Waals surface area (Å²) in [4.78, 5) is 0. The lowest BCUT2D eigenvalue weighted by atomic mass is 10.00. The molecule has 1 aromatic rings. The van der Waals surface area contributed by atoms with Crippen molar-refractivity contribution in [3.63, 3.8) is 0 Å². The predicted molar refractivity (Wildman–Crippen MR) is 66.0 cm³/mol. The smallest absolute Gasteiger partial charge is 0.0332 e. The van der Waals surface area contributed by atoms with E-state index >= 15 is 0 Å². The minimum atomic E-state index is 0.651. The van der Waals surface area contributed by atoms with Crippen molar-refractivity contribution in [2.75, 3.05) is 0 Å². The molecule has 0 N–H and O–H groups in total. The monoisotopic (exact) mass is 282 g/mol. The second-order valence-electron chi connectivity index (χ2n) is 3.14. The van der Waals surface area contributed by atoms with E-state index in [1.807, 2.05) is 0 Å². The molecule has 0 aromatic heterocycles. The van der Waals surface area contributed by atoms with E-state index in [4.69, 9.17) is 0 Å². The van der Waals surface area contributed by atoms with Gasteiger partial charge in [0.25, 0.3) is 0 Å². The Morgan fingerprint density at radius 1 is 1.15 bits per heavy atom. The van der Waals surface area contributed by atoms with Gasteiger partial charge in [-0.25, -0.2) is 0 Å². The van der Waals surface area contributed by atoms with Crippen molar-refractivity contribution in [3.05, 3.63) is 54.1 Å². The van der Waals surface area contributed by atoms with Crippen LogP contribution in [0.2, 0.25) is 0 Å². The van der Waals surface area contributed by atoms with E-state index in [1.165, 1.54) is 11.1 Å². The molecule has 66 valence electrons. The summed E-state index contributed by atoms with van der Waals surface area (Å²) in [5.74, 6) is 0. The fraction of sp³-hybridized carbons (Fsp3) is 0.167. The molecular formula is C12H11I. The Bertz CT molecular complexity index is 335. The van der Waals surface area contributed by atoms with Gasteiger partial charge in [-0.15, -0.1) is 0 Å². The zero-order valence-electron chi connectivity index (χ0n) is 7.28. The molecule has 0 amide bonds. The Morgan fingerprint density at radius 3 is 2.62 bits per heavy atom.